The number of aliphatic hydroxyl groups excluding tert-OH is 1. The van der Waals surface area contributed by atoms with Crippen LogP contribution in [0.2, 0.25) is 0 Å². The van der Waals surface area contributed by atoms with E-state index in [1.54, 1.807) is 24.3 Å². The standard InChI is InChI=1S/C9H20O.C6H6O/c1-2-3-4-5-6-7-8-9-10;7-6-4-2-1-3-5-6/h10H,2-9H2,1H3;1-5,7H. The Kier molecular flexibility index (Phi) is 12.3. The Morgan fingerprint density at radius 2 is 1.35 bits per heavy atom. The number of unbranched alkanes of at least 4 members (excludes halogenated alkanes) is 6. The molecule has 0 aliphatic heterocycles. The van der Waals surface area contributed by atoms with Crippen molar-refractivity contribution in [2.24, 2.45) is 0 Å². The first kappa shape index (κ1) is 16.0. The lowest BCUT2D eigenvalue weighted by atomic mass is 10.1. The van der Waals surface area contributed by atoms with Crippen LogP contribution in [0.15, 0.2) is 30.3 Å². The number of phenols is 1. The Morgan fingerprint density at radius 1 is 0.824 bits per heavy atom. The summed E-state index contributed by atoms with van der Waals surface area (Å²) in [7, 11) is 0. The summed E-state index contributed by atoms with van der Waals surface area (Å²) in [6.45, 7) is 2.60. The minimum atomic E-state index is 0.322. The molecule has 0 saturated carbocycles. The third kappa shape index (κ3) is 12.9. The molecule has 0 aliphatic rings. The molecule has 1 rings (SSSR count). The quantitative estimate of drug-likeness (QED) is 0.701. The van der Waals surface area contributed by atoms with Gasteiger partial charge in [0.05, 0.1) is 0 Å². The van der Waals surface area contributed by atoms with Gasteiger partial charge >= 0.3 is 0 Å². The minimum Gasteiger partial charge on any atom is -0.508 e. The van der Waals surface area contributed by atoms with E-state index in [-0.39, 0.29) is 0 Å². The molecule has 0 aliphatic carbocycles. The molecule has 2 nitrogen and oxygen atoms in total. The van der Waals surface area contributed by atoms with E-state index in [0.29, 0.717) is 12.4 Å². The highest BCUT2D eigenvalue weighted by Crippen LogP contribution is 2.05. The van der Waals surface area contributed by atoms with Gasteiger partial charge in [-0.25, -0.2) is 0 Å². The van der Waals surface area contributed by atoms with Crippen molar-refractivity contribution in [3.05, 3.63) is 30.3 Å². The summed E-state index contributed by atoms with van der Waals surface area (Å²) in [6, 6.07) is 8.71. The number of benzene rings is 1. The number of hydrogen-bond donors (Lipinski definition) is 2. The minimum absolute atomic E-state index is 0.322. The van der Waals surface area contributed by atoms with Gasteiger partial charge in [-0.3, -0.25) is 0 Å². The van der Waals surface area contributed by atoms with Gasteiger partial charge in [0.2, 0.25) is 0 Å². The van der Waals surface area contributed by atoms with E-state index in [0.717, 1.165) is 6.42 Å². The Morgan fingerprint density at radius 3 is 1.76 bits per heavy atom. The molecule has 1 aromatic carbocycles. The number of rotatable bonds is 7. The highest BCUT2D eigenvalue weighted by Gasteiger charge is 1.88. The SMILES string of the molecule is CCCCCCCCCO.Oc1ccccc1. The van der Waals surface area contributed by atoms with Gasteiger partial charge in [0, 0.05) is 6.61 Å². The lowest BCUT2D eigenvalue weighted by Gasteiger charge is -1.97. The molecule has 0 radical (unpaired) electrons. The van der Waals surface area contributed by atoms with Gasteiger partial charge in [-0.15, -0.1) is 0 Å². The molecule has 0 unspecified atom stereocenters. The van der Waals surface area contributed by atoms with E-state index in [1.807, 2.05) is 6.07 Å². The van der Waals surface area contributed by atoms with Crippen molar-refractivity contribution in [2.45, 2.75) is 51.9 Å². The fourth-order valence-electron chi connectivity index (χ4n) is 1.50. The van der Waals surface area contributed by atoms with Crippen LogP contribution in [0.4, 0.5) is 0 Å². The predicted octanol–water partition coefficient (Wildman–Crippen LogP) is 4.12. The van der Waals surface area contributed by atoms with E-state index in [4.69, 9.17) is 10.2 Å². The van der Waals surface area contributed by atoms with Crippen LogP contribution in [0.1, 0.15) is 51.9 Å². The van der Waals surface area contributed by atoms with Crippen LogP contribution in [-0.2, 0) is 0 Å². The average molecular weight is 238 g/mol. The summed E-state index contributed by atoms with van der Waals surface area (Å²) < 4.78 is 0. The third-order valence-electron chi connectivity index (χ3n) is 2.52. The highest BCUT2D eigenvalue weighted by atomic mass is 16.3. The van der Waals surface area contributed by atoms with Crippen molar-refractivity contribution in [2.75, 3.05) is 6.61 Å². The second-order valence-corrected chi connectivity index (χ2v) is 4.18. The molecule has 0 aromatic heterocycles. The fraction of sp³-hybridized carbons (Fsp3) is 0.600. The van der Waals surface area contributed by atoms with Crippen LogP contribution < -0.4 is 0 Å². The summed E-state index contributed by atoms with van der Waals surface area (Å²) >= 11 is 0. The largest absolute Gasteiger partial charge is 0.508 e. The monoisotopic (exact) mass is 238 g/mol. The number of aliphatic hydroxyl groups is 1. The molecule has 17 heavy (non-hydrogen) atoms. The summed E-state index contributed by atoms with van der Waals surface area (Å²) in [5.74, 6) is 0.322. The number of hydrogen-bond acceptors (Lipinski definition) is 2. The zero-order chi connectivity index (χ0) is 12.8. The Hall–Kier alpha value is -1.02. The van der Waals surface area contributed by atoms with Crippen LogP contribution in [0.25, 0.3) is 0 Å². The van der Waals surface area contributed by atoms with E-state index in [9.17, 15) is 0 Å². The van der Waals surface area contributed by atoms with Crippen LogP contribution >= 0.6 is 0 Å². The molecular formula is C15H26O2. The Balaban J connectivity index is 0.000000318. The lowest BCUT2D eigenvalue weighted by Crippen LogP contribution is -1.83. The first-order chi connectivity index (χ1) is 8.31. The highest BCUT2D eigenvalue weighted by molar-refractivity contribution is 5.18. The van der Waals surface area contributed by atoms with Crippen molar-refractivity contribution >= 4 is 0 Å². The van der Waals surface area contributed by atoms with Crippen molar-refractivity contribution in [3.63, 3.8) is 0 Å². The predicted molar refractivity (Wildman–Crippen MR) is 73.2 cm³/mol. The van der Waals surface area contributed by atoms with Gasteiger partial charge in [-0.05, 0) is 18.6 Å². The Labute approximate surface area is 105 Å². The molecule has 0 saturated heterocycles. The fourth-order valence-corrected chi connectivity index (χ4v) is 1.50. The first-order valence-electron chi connectivity index (χ1n) is 6.66. The molecule has 0 atom stereocenters. The van der Waals surface area contributed by atoms with Gasteiger partial charge in [0.15, 0.2) is 0 Å². The van der Waals surface area contributed by atoms with E-state index < -0.39 is 0 Å². The van der Waals surface area contributed by atoms with Crippen LogP contribution in [0.5, 0.6) is 5.75 Å². The van der Waals surface area contributed by atoms with Crippen molar-refractivity contribution in [1.82, 2.24) is 0 Å². The van der Waals surface area contributed by atoms with Gasteiger partial charge < -0.3 is 10.2 Å². The summed E-state index contributed by atoms with van der Waals surface area (Å²) in [5, 5.41) is 17.1. The topological polar surface area (TPSA) is 40.5 Å². The lowest BCUT2D eigenvalue weighted by molar-refractivity contribution is 0.282. The van der Waals surface area contributed by atoms with Gasteiger partial charge in [0.1, 0.15) is 5.75 Å². The molecule has 2 N–H and O–H groups in total. The molecule has 2 heteroatoms. The van der Waals surface area contributed by atoms with E-state index >= 15 is 0 Å². The molecular weight excluding hydrogens is 212 g/mol. The molecule has 0 fully saturated rings. The van der Waals surface area contributed by atoms with Crippen LogP contribution in [0, 0.1) is 0 Å². The van der Waals surface area contributed by atoms with Gasteiger partial charge in [0.25, 0.3) is 0 Å². The summed E-state index contributed by atoms with van der Waals surface area (Å²) in [6.07, 6.45) is 8.93. The number of para-hydroxylation sites is 1. The molecule has 0 spiro atoms. The van der Waals surface area contributed by atoms with Crippen molar-refractivity contribution < 1.29 is 10.2 Å². The number of aromatic hydroxyl groups is 1. The summed E-state index contributed by atoms with van der Waals surface area (Å²) in [4.78, 5) is 0. The van der Waals surface area contributed by atoms with Crippen LogP contribution in [-0.4, -0.2) is 16.8 Å². The second-order valence-electron chi connectivity index (χ2n) is 4.18. The molecule has 0 heterocycles. The third-order valence-corrected chi connectivity index (χ3v) is 2.52. The maximum atomic E-state index is 8.63. The summed E-state index contributed by atoms with van der Waals surface area (Å²) in [5.41, 5.74) is 0. The van der Waals surface area contributed by atoms with Crippen molar-refractivity contribution in [1.29, 1.82) is 0 Å². The zero-order valence-electron chi connectivity index (χ0n) is 10.9. The smallest absolute Gasteiger partial charge is 0.115 e. The maximum absolute atomic E-state index is 8.63. The van der Waals surface area contributed by atoms with E-state index in [1.165, 1.54) is 38.5 Å². The normalized spacial score (nSPS) is 9.53. The van der Waals surface area contributed by atoms with Crippen LogP contribution in [0.3, 0.4) is 0 Å². The second kappa shape index (κ2) is 13.0. The molecule has 1 aromatic rings. The van der Waals surface area contributed by atoms with E-state index in [2.05, 4.69) is 6.92 Å². The first-order valence-corrected chi connectivity index (χ1v) is 6.66. The number of phenolic OH excluding ortho intramolecular Hbond substituents is 1. The molecule has 0 amide bonds. The van der Waals surface area contributed by atoms with Crippen molar-refractivity contribution in [3.8, 4) is 5.75 Å². The Bertz CT molecular complexity index is 226. The molecule has 0 bridgehead atoms. The maximum Gasteiger partial charge on any atom is 0.115 e. The zero-order valence-corrected chi connectivity index (χ0v) is 10.9. The molecule has 98 valence electrons. The average Bonchev–Trinajstić information content (AvgIpc) is 2.35. The van der Waals surface area contributed by atoms with Gasteiger partial charge in [-0.2, -0.15) is 0 Å². The van der Waals surface area contributed by atoms with Gasteiger partial charge in [-0.1, -0.05) is 63.6 Å².